The summed E-state index contributed by atoms with van der Waals surface area (Å²) in [6.07, 6.45) is 2.98. The maximum Gasteiger partial charge on any atom is 0.257 e. The summed E-state index contributed by atoms with van der Waals surface area (Å²) < 4.78 is 18.5. The first-order chi connectivity index (χ1) is 12.1. The second-order valence-electron chi connectivity index (χ2n) is 6.34. The predicted octanol–water partition coefficient (Wildman–Crippen LogP) is 4.90. The molecule has 1 amide bonds. The molecule has 25 heavy (non-hydrogen) atoms. The molecule has 0 aromatic heterocycles. The molecule has 1 aliphatic rings. The third-order valence-electron chi connectivity index (χ3n) is 4.69. The van der Waals surface area contributed by atoms with Crippen LogP contribution in [0.25, 0.3) is 0 Å². The molecule has 1 aliphatic heterocycles. The summed E-state index contributed by atoms with van der Waals surface area (Å²) in [4.78, 5) is 14.9. The van der Waals surface area contributed by atoms with Gasteiger partial charge in [-0.15, -0.1) is 0 Å². The largest absolute Gasteiger partial charge is 0.496 e. The number of amides is 1. The zero-order valence-electron chi connectivity index (χ0n) is 14.2. The third kappa shape index (κ3) is 4.13. The lowest BCUT2D eigenvalue weighted by Crippen LogP contribution is -2.34. The van der Waals surface area contributed by atoms with Crippen molar-refractivity contribution in [1.82, 2.24) is 4.90 Å². The Bertz CT molecular complexity index is 748. The molecule has 132 valence electrons. The van der Waals surface area contributed by atoms with Gasteiger partial charge in [0.2, 0.25) is 0 Å². The highest BCUT2D eigenvalue weighted by atomic mass is 35.5. The number of rotatable bonds is 3. The molecule has 1 unspecified atom stereocenters. The second-order valence-corrected chi connectivity index (χ2v) is 6.78. The van der Waals surface area contributed by atoms with E-state index in [1.165, 1.54) is 12.1 Å². The normalized spacial score (nSPS) is 17.9. The molecule has 2 aromatic rings. The van der Waals surface area contributed by atoms with Crippen molar-refractivity contribution in [2.75, 3.05) is 20.2 Å². The lowest BCUT2D eigenvalue weighted by atomic mass is 9.94. The number of ether oxygens (including phenoxy) is 1. The average Bonchev–Trinajstić information content (AvgIpc) is 2.88. The third-order valence-corrected chi connectivity index (χ3v) is 4.93. The average molecular weight is 362 g/mol. The van der Waals surface area contributed by atoms with Crippen molar-refractivity contribution >= 4 is 17.5 Å². The summed E-state index contributed by atoms with van der Waals surface area (Å²) in [5, 5.41) is 0.508. The Balaban J connectivity index is 1.84. The summed E-state index contributed by atoms with van der Waals surface area (Å²) in [7, 11) is 1.55. The van der Waals surface area contributed by atoms with Gasteiger partial charge in [-0.1, -0.05) is 30.2 Å². The molecular weight excluding hydrogens is 341 g/mol. The van der Waals surface area contributed by atoms with Crippen LogP contribution in [0.15, 0.2) is 42.5 Å². The minimum atomic E-state index is -0.242. The molecule has 0 bridgehead atoms. The molecule has 1 saturated heterocycles. The topological polar surface area (TPSA) is 29.5 Å². The van der Waals surface area contributed by atoms with Crippen LogP contribution in [0.1, 0.15) is 41.1 Å². The Kier molecular flexibility index (Phi) is 5.59. The zero-order valence-corrected chi connectivity index (χ0v) is 14.9. The fraction of sp³-hybridized carbons (Fsp3) is 0.350. The summed E-state index contributed by atoms with van der Waals surface area (Å²) in [6, 6.07) is 11.7. The molecule has 1 atom stereocenters. The van der Waals surface area contributed by atoms with Crippen LogP contribution in [0, 0.1) is 5.82 Å². The quantitative estimate of drug-likeness (QED) is 0.778. The van der Waals surface area contributed by atoms with E-state index in [-0.39, 0.29) is 17.6 Å². The number of carbonyl (C=O) groups is 1. The van der Waals surface area contributed by atoms with Crippen LogP contribution >= 0.6 is 11.6 Å². The highest BCUT2D eigenvalue weighted by molar-refractivity contribution is 6.31. The molecule has 0 radical (unpaired) electrons. The Morgan fingerprint density at radius 3 is 2.68 bits per heavy atom. The maximum atomic E-state index is 13.2. The molecule has 5 heteroatoms. The minimum absolute atomic E-state index is 0.0756. The van der Waals surface area contributed by atoms with Gasteiger partial charge in [0.1, 0.15) is 11.6 Å². The molecule has 3 rings (SSSR count). The van der Waals surface area contributed by atoms with Gasteiger partial charge in [-0.25, -0.2) is 4.39 Å². The van der Waals surface area contributed by atoms with Gasteiger partial charge in [0, 0.05) is 24.0 Å². The lowest BCUT2D eigenvalue weighted by molar-refractivity contribution is 0.0751. The number of hydrogen-bond acceptors (Lipinski definition) is 2. The van der Waals surface area contributed by atoms with Crippen LogP contribution in [-0.4, -0.2) is 31.0 Å². The molecule has 2 aromatic carbocycles. The van der Waals surface area contributed by atoms with E-state index in [1.54, 1.807) is 25.3 Å². The standard InChI is InChI=1S/C20H21ClFNO2/c1-25-19-10-7-16(21)12-18(19)20(24)23-11-3-2-4-15(13-23)14-5-8-17(22)9-6-14/h5-10,12,15H,2-4,11,13H2,1H3. The summed E-state index contributed by atoms with van der Waals surface area (Å²) in [6.45, 7) is 1.31. The fourth-order valence-electron chi connectivity index (χ4n) is 3.35. The van der Waals surface area contributed by atoms with Crippen molar-refractivity contribution in [3.05, 3.63) is 64.4 Å². The fourth-order valence-corrected chi connectivity index (χ4v) is 3.52. The highest BCUT2D eigenvalue weighted by Crippen LogP contribution is 2.30. The van der Waals surface area contributed by atoms with E-state index in [0.29, 0.717) is 29.4 Å². The van der Waals surface area contributed by atoms with Crippen molar-refractivity contribution in [2.24, 2.45) is 0 Å². The molecule has 1 heterocycles. The Morgan fingerprint density at radius 2 is 1.96 bits per heavy atom. The summed E-state index contributed by atoms with van der Waals surface area (Å²) >= 11 is 6.07. The van der Waals surface area contributed by atoms with Crippen molar-refractivity contribution in [2.45, 2.75) is 25.2 Å². The van der Waals surface area contributed by atoms with Crippen molar-refractivity contribution in [3.8, 4) is 5.75 Å². The van der Waals surface area contributed by atoms with Crippen molar-refractivity contribution in [1.29, 1.82) is 0 Å². The first-order valence-corrected chi connectivity index (χ1v) is 8.84. The van der Waals surface area contributed by atoms with Crippen LogP contribution in [0.2, 0.25) is 5.02 Å². The number of likely N-dealkylation sites (tertiary alicyclic amines) is 1. The van der Waals surface area contributed by atoms with Crippen LogP contribution < -0.4 is 4.74 Å². The van der Waals surface area contributed by atoms with E-state index in [0.717, 1.165) is 24.8 Å². The molecule has 0 aliphatic carbocycles. The Hall–Kier alpha value is -2.07. The zero-order chi connectivity index (χ0) is 17.8. The highest BCUT2D eigenvalue weighted by Gasteiger charge is 2.26. The number of halogens is 2. The van der Waals surface area contributed by atoms with Crippen LogP contribution in [-0.2, 0) is 0 Å². The molecule has 0 N–H and O–H groups in total. The van der Waals surface area contributed by atoms with E-state index in [9.17, 15) is 9.18 Å². The van der Waals surface area contributed by atoms with E-state index in [1.807, 2.05) is 17.0 Å². The van der Waals surface area contributed by atoms with Crippen LogP contribution in [0.3, 0.4) is 0 Å². The van der Waals surface area contributed by atoms with E-state index < -0.39 is 0 Å². The maximum absolute atomic E-state index is 13.2. The molecular formula is C20H21ClFNO2. The van der Waals surface area contributed by atoms with Gasteiger partial charge in [0.15, 0.2) is 0 Å². The smallest absolute Gasteiger partial charge is 0.257 e. The molecule has 0 spiro atoms. The Morgan fingerprint density at radius 1 is 1.20 bits per heavy atom. The van der Waals surface area contributed by atoms with Gasteiger partial charge in [-0.2, -0.15) is 0 Å². The van der Waals surface area contributed by atoms with Gasteiger partial charge in [-0.05, 0) is 48.7 Å². The number of hydrogen-bond donors (Lipinski definition) is 0. The Labute approximate surface area is 152 Å². The first kappa shape index (κ1) is 17.7. The van der Waals surface area contributed by atoms with Gasteiger partial charge in [0.25, 0.3) is 5.91 Å². The number of methoxy groups -OCH3 is 1. The second kappa shape index (κ2) is 7.87. The van der Waals surface area contributed by atoms with E-state index >= 15 is 0 Å². The SMILES string of the molecule is COc1ccc(Cl)cc1C(=O)N1CCCCC(c2ccc(F)cc2)C1. The monoisotopic (exact) mass is 361 g/mol. The van der Waals surface area contributed by atoms with Crippen LogP contribution in [0.4, 0.5) is 4.39 Å². The van der Waals surface area contributed by atoms with Gasteiger partial charge < -0.3 is 9.64 Å². The molecule has 1 fully saturated rings. The molecule has 3 nitrogen and oxygen atoms in total. The van der Waals surface area contributed by atoms with Crippen LogP contribution in [0.5, 0.6) is 5.75 Å². The van der Waals surface area contributed by atoms with E-state index in [2.05, 4.69) is 0 Å². The van der Waals surface area contributed by atoms with Gasteiger partial charge in [0.05, 0.1) is 12.7 Å². The predicted molar refractivity (Wildman–Crippen MR) is 96.9 cm³/mol. The van der Waals surface area contributed by atoms with E-state index in [4.69, 9.17) is 16.3 Å². The van der Waals surface area contributed by atoms with Gasteiger partial charge in [-0.3, -0.25) is 4.79 Å². The lowest BCUT2D eigenvalue weighted by Gasteiger charge is -2.25. The molecule has 0 saturated carbocycles. The summed E-state index contributed by atoms with van der Waals surface area (Å²) in [5.74, 6) is 0.413. The minimum Gasteiger partial charge on any atom is -0.496 e. The number of nitrogens with zero attached hydrogens (tertiary/aromatic N) is 1. The number of benzene rings is 2. The summed E-state index contributed by atoms with van der Waals surface area (Å²) in [5.41, 5.74) is 1.55. The van der Waals surface area contributed by atoms with Gasteiger partial charge >= 0.3 is 0 Å². The first-order valence-electron chi connectivity index (χ1n) is 8.47. The van der Waals surface area contributed by atoms with Crippen molar-refractivity contribution in [3.63, 3.8) is 0 Å². The number of carbonyl (C=O) groups excluding carboxylic acids is 1. The van der Waals surface area contributed by atoms with Crippen molar-refractivity contribution < 1.29 is 13.9 Å².